The molecule has 3 nitrogen and oxygen atoms in total. The molecule has 0 radical (unpaired) electrons. The van der Waals surface area contributed by atoms with E-state index in [4.69, 9.17) is 5.11 Å². The summed E-state index contributed by atoms with van der Waals surface area (Å²) in [5, 5.41) is 28.4. The van der Waals surface area contributed by atoms with Gasteiger partial charge in [-0.2, -0.15) is 0 Å². The Morgan fingerprint density at radius 1 is 1.12 bits per heavy atom. The molecule has 1 rings (SSSR count). The number of phenolic OH excluding ortho intramolecular Hbond substituents is 1. The zero-order valence-corrected chi connectivity index (χ0v) is 10.2. The quantitative estimate of drug-likeness (QED) is 0.525. The maximum atomic E-state index is 9.68. The van der Waals surface area contributed by atoms with Gasteiger partial charge in [-0.3, -0.25) is 0 Å². The Kier molecular flexibility index (Phi) is 5.57. The summed E-state index contributed by atoms with van der Waals surface area (Å²) >= 11 is 0. The number of phenols is 2. The minimum Gasteiger partial charge on any atom is -0.508 e. The molecule has 0 atom stereocenters. The zero-order valence-electron chi connectivity index (χ0n) is 10.2. The van der Waals surface area contributed by atoms with E-state index in [1.807, 2.05) is 6.08 Å². The number of unbranched alkanes of at least 4 members (excludes halogenated alkanes) is 3. The van der Waals surface area contributed by atoms with Gasteiger partial charge in [0.15, 0.2) is 0 Å². The third-order valence-corrected chi connectivity index (χ3v) is 2.73. The van der Waals surface area contributed by atoms with Crippen molar-refractivity contribution in [3.05, 3.63) is 29.3 Å². The Morgan fingerprint density at radius 2 is 1.82 bits per heavy atom. The van der Waals surface area contributed by atoms with Crippen LogP contribution in [0.15, 0.2) is 18.2 Å². The van der Waals surface area contributed by atoms with Gasteiger partial charge in [-0.1, -0.05) is 31.9 Å². The van der Waals surface area contributed by atoms with Crippen molar-refractivity contribution in [3.63, 3.8) is 0 Å². The maximum Gasteiger partial charge on any atom is 0.123 e. The Labute approximate surface area is 102 Å². The summed E-state index contributed by atoms with van der Waals surface area (Å²) in [6.07, 6.45) is 8.13. The fraction of sp³-hybridized carbons (Fsp3) is 0.429. The lowest BCUT2D eigenvalue weighted by molar-refractivity contribution is 0.274. The molecule has 3 heteroatoms. The molecule has 0 aliphatic heterocycles. The molecule has 0 fully saturated rings. The standard InChI is InChI=1S/C14H20O3/c1-2-3-4-5-6-7-11-12(10-15)14(17)9-8-13(11)16/h6-9,15-17H,2-5,10H2,1H3. The van der Waals surface area contributed by atoms with Crippen molar-refractivity contribution in [1.82, 2.24) is 0 Å². The molecule has 0 heterocycles. The van der Waals surface area contributed by atoms with Gasteiger partial charge in [-0.05, 0) is 25.0 Å². The first-order chi connectivity index (χ1) is 8.20. The molecule has 0 saturated heterocycles. The lowest BCUT2D eigenvalue weighted by atomic mass is 10.0. The molecule has 0 spiro atoms. The van der Waals surface area contributed by atoms with Gasteiger partial charge >= 0.3 is 0 Å². The van der Waals surface area contributed by atoms with E-state index in [1.165, 1.54) is 25.0 Å². The van der Waals surface area contributed by atoms with Crippen LogP contribution in [0.2, 0.25) is 0 Å². The molecule has 0 saturated carbocycles. The Bertz CT molecular complexity index is 383. The van der Waals surface area contributed by atoms with Crippen molar-refractivity contribution in [1.29, 1.82) is 0 Å². The highest BCUT2D eigenvalue weighted by molar-refractivity contribution is 5.64. The van der Waals surface area contributed by atoms with Crippen LogP contribution in [0.1, 0.15) is 43.7 Å². The molecule has 1 aromatic rings. The summed E-state index contributed by atoms with van der Waals surface area (Å²) in [7, 11) is 0. The van der Waals surface area contributed by atoms with Gasteiger partial charge in [-0.25, -0.2) is 0 Å². The summed E-state index contributed by atoms with van der Waals surface area (Å²) in [5.41, 5.74) is 0.876. The van der Waals surface area contributed by atoms with Gasteiger partial charge in [0.05, 0.1) is 6.61 Å². The smallest absolute Gasteiger partial charge is 0.123 e. The normalized spacial score (nSPS) is 11.2. The molecular weight excluding hydrogens is 216 g/mol. The second kappa shape index (κ2) is 6.97. The minimum absolute atomic E-state index is 0.0125. The lowest BCUT2D eigenvalue weighted by Crippen LogP contribution is -1.90. The predicted molar refractivity (Wildman–Crippen MR) is 68.9 cm³/mol. The van der Waals surface area contributed by atoms with E-state index in [1.54, 1.807) is 6.08 Å². The highest BCUT2D eigenvalue weighted by atomic mass is 16.3. The Balaban J connectivity index is 2.78. The molecule has 0 aliphatic rings. The van der Waals surface area contributed by atoms with Gasteiger partial charge in [-0.15, -0.1) is 0 Å². The van der Waals surface area contributed by atoms with Crippen LogP contribution >= 0.6 is 0 Å². The molecule has 17 heavy (non-hydrogen) atoms. The van der Waals surface area contributed by atoms with Crippen molar-refractivity contribution < 1.29 is 15.3 Å². The fourth-order valence-corrected chi connectivity index (χ4v) is 1.71. The van der Waals surface area contributed by atoms with Crippen LogP contribution in [0.3, 0.4) is 0 Å². The van der Waals surface area contributed by atoms with Crippen molar-refractivity contribution in [2.45, 2.75) is 39.2 Å². The summed E-state index contributed by atoms with van der Waals surface area (Å²) in [5.74, 6) is 0.0945. The van der Waals surface area contributed by atoms with E-state index in [0.717, 1.165) is 12.8 Å². The number of hydrogen-bond acceptors (Lipinski definition) is 3. The summed E-state index contributed by atoms with van der Waals surface area (Å²) in [6.45, 7) is 1.86. The van der Waals surface area contributed by atoms with Gasteiger partial charge < -0.3 is 15.3 Å². The van der Waals surface area contributed by atoms with Gasteiger partial charge in [0.25, 0.3) is 0 Å². The second-order valence-electron chi connectivity index (χ2n) is 4.05. The van der Waals surface area contributed by atoms with Crippen molar-refractivity contribution in [2.75, 3.05) is 0 Å². The van der Waals surface area contributed by atoms with E-state index >= 15 is 0 Å². The molecular formula is C14H20O3. The highest BCUT2D eigenvalue weighted by Crippen LogP contribution is 2.30. The van der Waals surface area contributed by atoms with E-state index in [-0.39, 0.29) is 18.1 Å². The SMILES string of the molecule is CCCCCC=Cc1c(O)ccc(O)c1CO. The van der Waals surface area contributed by atoms with Crippen LogP contribution in [-0.4, -0.2) is 15.3 Å². The molecule has 0 aliphatic carbocycles. The number of rotatable bonds is 6. The molecule has 3 N–H and O–H groups in total. The summed E-state index contributed by atoms with van der Waals surface area (Å²) in [6, 6.07) is 2.81. The first kappa shape index (κ1) is 13.6. The highest BCUT2D eigenvalue weighted by Gasteiger charge is 2.08. The molecule has 0 unspecified atom stereocenters. The van der Waals surface area contributed by atoms with Crippen LogP contribution in [-0.2, 0) is 6.61 Å². The lowest BCUT2D eigenvalue weighted by Gasteiger charge is -2.07. The maximum absolute atomic E-state index is 9.68. The van der Waals surface area contributed by atoms with Gasteiger partial charge in [0, 0.05) is 11.1 Å². The minimum atomic E-state index is -0.283. The first-order valence-electron chi connectivity index (χ1n) is 6.02. The van der Waals surface area contributed by atoms with Gasteiger partial charge in [0.2, 0.25) is 0 Å². The molecule has 0 bridgehead atoms. The molecule has 1 aromatic carbocycles. The first-order valence-corrected chi connectivity index (χ1v) is 6.02. The number of allylic oxidation sites excluding steroid dienone is 1. The van der Waals surface area contributed by atoms with Crippen LogP contribution < -0.4 is 0 Å². The predicted octanol–water partition coefficient (Wildman–Crippen LogP) is 3.18. The third kappa shape index (κ3) is 3.79. The number of benzene rings is 1. The molecule has 94 valence electrons. The number of aromatic hydroxyl groups is 2. The van der Waals surface area contributed by atoms with E-state index in [9.17, 15) is 10.2 Å². The largest absolute Gasteiger partial charge is 0.508 e. The van der Waals surface area contributed by atoms with Crippen LogP contribution in [0.5, 0.6) is 11.5 Å². The Morgan fingerprint density at radius 3 is 2.47 bits per heavy atom. The van der Waals surface area contributed by atoms with Crippen LogP contribution in [0, 0.1) is 0 Å². The van der Waals surface area contributed by atoms with Gasteiger partial charge in [0.1, 0.15) is 11.5 Å². The average Bonchev–Trinajstić information content (AvgIpc) is 2.33. The van der Waals surface area contributed by atoms with Crippen molar-refractivity contribution in [3.8, 4) is 11.5 Å². The Hall–Kier alpha value is -1.48. The summed E-state index contributed by atoms with van der Waals surface area (Å²) in [4.78, 5) is 0. The van der Waals surface area contributed by atoms with Crippen LogP contribution in [0.25, 0.3) is 6.08 Å². The molecule has 0 amide bonds. The van der Waals surface area contributed by atoms with E-state index in [0.29, 0.717) is 11.1 Å². The average molecular weight is 236 g/mol. The van der Waals surface area contributed by atoms with Crippen molar-refractivity contribution >= 4 is 6.08 Å². The fourth-order valence-electron chi connectivity index (χ4n) is 1.71. The second-order valence-corrected chi connectivity index (χ2v) is 4.05. The topological polar surface area (TPSA) is 60.7 Å². The molecule has 0 aromatic heterocycles. The zero-order chi connectivity index (χ0) is 12.7. The number of aliphatic hydroxyl groups excluding tert-OH is 1. The monoisotopic (exact) mass is 236 g/mol. The number of aliphatic hydroxyl groups is 1. The number of hydrogen-bond donors (Lipinski definition) is 3. The third-order valence-electron chi connectivity index (χ3n) is 2.73. The van der Waals surface area contributed by atoms with Crippen molar-refractivity contribution in [2.24, 2.45) is 0 Å². The van der Waals surface area contributed by atoms with E-state index in [2.05, 4.69) is 6.92 Å². The summed E-state index contributed by atoms with van der Waals surface area (Å²) < 4.78 is 0. The van der Waals surface area contributed by atoms with Crippen LogP contribution in [0.4, 0.5) is 0 Å². The van der Waals surface area contributed by atoms with E-state index < -0.39 is 0 Å².